The van der Waals surface area contributed by atoms with E-state index in [2.05, 4.69) is 10.0 Å². The number of carbonyl (C=O) groups excluding carboxylic acids is 1. The summed E-state index contributed by atoms with van der Waals surface area (Å²) in [6.07, 6.45) is 3.51. The van der Waals surface area contributed by atoms with E-state index in [9.17, 15) is 13.2 Å². The Kier molecular flexibility index (Phi) is 5.71. The molecule has 160 valence electrons. The molecule has 0 saturated heterocycles. The summed E-state index contributed by atoms with van der Waals surface area (Å²) in [5, 5.41) is 3.03. The SMILES string of the molecule is CNS(=O)(=O)c1cccc(CNC(=O)C2(c3ccc4c(c3)OCCO4)CCCC2)c1. The van der Waals surface area contributed by atoms with Crippen molar-refractivity contribution in [3.63, 3.8) is 0 Å². The van der Waals surface area contributed by atoms with Gasteiger partial charge in [-0.15, -0.1) is 0 Å². The van der Waals surface area contributed by atoms with Gasteiger partial charge in [-0.3, -0.25) is 4.79 Å². The highest BCUT2D eigenvalue weighted by atomic mass is 32.2. The third-order valence-corrected chi connectivity index (χ3v) is 7.33. The molecule has 4 rings (SSSR count). The van der Waals surface area contributed by atoms with Crippen LogP contribution < -0.4 is 19.5 Å². The molecule has 1 aliphatic heterocycles. The zero-order chi connectivity index (χ0) is 21.2. The smallest absolute Gasteiger partial charge is 0.240 e. The number of hydrogen-bond donors (Lipinski definition) is 2. The van der Waals surface area contributed by atoms with Crippen molar-refractivity contribution in [2.24, 2.45) is 0 Å². The van der Waals surface area contributed by atoms with Gasteiger partial charge in [-0.25, -0.2) is 13.1 Å². The average Bonchev–Trinajstić information content (AvgIpc) is 3.28. The number of hydrogen-bond acceptors (Lipinski definition) is 5. The monoisotopic (exact) mass is 430 g/mol. The van der Waals surface area contributed by atoms with Crippen LogP contribution in [0.5, 0.6) is 11.5 Å². The number of amides is 1. The Hall–Kier alpha value is -2.58. The molecule has 2 aromatic carbocycles. The Balaban J connectivity index is 1.55. The second-order valence-electron chi connectivity index (χ2n) is 7.69. The summed E-state index contributed by atoms with van der Waals surface area (Å²) in [5.41, 5.74) is 1.06. The molecule has 0 bridgehead atoms. The minimum atomic E-state index is -3.53. The fraction of sp³-hybridized carbons (Fsp3) is 0.409. The minimum Gasteiger partial charge on any atom is -0.486 e. The van der Waals surface area contributed by atoms with Crippen LogP contribution in [0.3, 0.4) is 0 Å². The van der Waals surface area contributed by atoms with E-state index in [0.29, 0.717) is 24.7 Å². The molecular weight excluding hydrogens is 404 g/mol. The molecule has 2 N–H and O–H groups in total. The first-order valence-electron chi connectivity index (χ1n) is 10.2. The van der Waals surface area contributed by atoms with Gasteiger partial charge >= 0.3 is 0 Å². The van der Waals surface area contributed by atoms with Crippen LogP contribution in [-0.2, 0) is 26.8 Å². The molecule has 0 unspecified atom stereocenters. The molecule has 30 heavy (non-hydrogen) atoms. The Labute approximate surface area is 176 Å². The van der Waals surface area contributed by atoms with Crippen LogP contribution in [0.25, 0.3) is 0 Å². The van der Waals surface area contributed by atoms with Crippen LogP contribution in [0.4, 0.5) is 0 Å². The van der Waals surface area contributed by atoms with Gasteiger partial charge < -0.3 is 14.8 Å². The molecular formula is C22H26N2O5S. The number of carbonyl (C=O) groups is 1. The van der Waals surface area contributed by atoms with Gasteiger partial charge in [0.15, 0.2) is 11.5 Å². The zero-order valence-electron chi connectivity index (χ0n) is 16.9. The highest BCUT2D eigenvalue weighted by Gasteiger charge is 2.43. The minimum absolute atomic E-state index is 0.0430. The van der Waals surface area contributed by atoms with Crippen molar-refractivity contribution in [1.29, 1.82) is 0 Å². The highest BCUT2D eigenvalue weighted by Crippen LogP contribution is 2.44. The van der Waals surface area contributed by atoms with Crippen LogP contribution in [0.15, 0.2) is 47.4 Å². The third kappa shape index (κ3) is 3.89. The van der Waals surface area contributed by atoms with Crippen molar-refractivity contribution in [3.8, 4) is 11.5 Å². The van der Waals surface area contributed by atoms with E-state index in [1.165, 1.54) is 13.1 Å². The van der Waals surface area contributed by atoms with E-state index in [4.69, 9.17) is 9.47 Å². The average molecular weight is 431 g/mol. The molecule has 2 aliphatic rings. The number of rotatable bonds is 6. The van der Waals surface area contributed by atoms with Gasteiger partial charge in [0.25, 0.3) is 0 Å². The zero-order valence-corrected chi connectivity index (χ0v) is 17.8. The van der Waals surface area contributed by atoms with Gasteiger partial charge in [-0.1, -0.05) is 31.0 Å². The summed E-state index contributed by atoms with van der Waals surface area (Å²) in [4.78, 5) is 13.5. The molecule has 1 amide bonds. The molecule has 1 saturated carbocycles. The van der Waals surface area contributed by atoms with Gasteiger partial charge in [-0.05, 0) is 55.3 Å². The standard InChI is InChI=1S/C22H26N2O5S/c1-23-30(26,27)18-6-4-5-16(13-18)15-24-21(25)22(9-2-3-10-22)17-7-8-19-20(14-17)29-12-11-28-19/h4-8,13-14,23H,2-3,9-12,15H2,1H3,(H,24,25). The molecule has 0 aromatic heterocycles. The Morgan fingerprint density at radius 2 is 1.77 bits per heavy atom. The van der Waals surface area contributed by atoms with E-state index in [-0.39, 0.29) is 17.3 Å². The Morgan fingerprint density at radius 3 is 2.50 bits per heavy atom. The molecule has 0 spiro atoms. The molecule has 0 atom stereocenters. The van der Waals surface area contributed by atoms with E-state index < -0.39 is 15.4 Å². The number of nitrogens with one attached hydrogen (secondary N) is 2. The fourth-order valence-electron chi connectivity index (χ4n) is 4.26. The van der Waals surface area contributed by atoms with Crippen LogP contribution in [0.1, 0.15) is 36.8 Å². The van der Waals surface area contributed by atoms with Crippen molar-refractivity contribution in [2.45, 2.75) is 42.5 Å². The normalized spacial score (nSPS) is 17.5. The van der Waals surface area contributed by atoms with Crippen LogP contribution in [0, 0.1) is 0 Å². The summed E-state index contributed by atoms with van der Waals surface area (Å²) in [6.45, 7) is 1.29. The fourth-order valence-corrected chi connectivity index (χ4v) is 5.06. The third-order valence-electron chi connectivity index (χ3n) is 5.92. The molecule has 1 heterocycles. The van der Waals surface area contributed by atoms with Gasteiger partial charge in [0.1, 0.15) is 13.2 Å². The summed E-state index contributed by atoms with van der Waals surface area (Å²) in [5.74, 6) is 1.35. The van der Waals surface area contributed by atoms with Crippen LogP contribution >= 0.6 is 0 Å². The van der Waals surface area contributed by atoms with Gasteiger partial charge in [-0.2, -0.15) is 0 Å². The number of ether oxygens (including phenoxy) is 2. The summed E-state index contributed by atoms with van der Waals surface area (Å²) in [7, 11) is -2.15. The lowest BCUT2D eigenvalue weighted by Crippen LogP contribution is -2.42. The number of sulfonamides is 1. The first-order valence-corrected chi connectivity index (χ1v) is 11.6. The Morgan fingerprint density at radius 1 is 1.03 bits per heavy atom. The molecule has 1 aliphatic carbocycles. The summed E-state index contributed by atoms with van der Waals surface area (Å²) < 4.78 is 37.7. The maximum absolute atomic E-state index is 13.3. The van der Waals surface area contributed by atoms with Crippen molar-refractivity contribution in [2.75, 3.05) is 20.3 Å². The van der Waals surface area contributed by atoms with E-state index in [1.807, 2.05) is 18.2 Å². The van der Waals surface area contributed by atoms with Crippen molar-refractivity contribution < 1.29 is 22.7 Å². The quantitative estimate of drug-likeness (QED) is 0.734. The lowest BCUT2D eigenvalue weighted by Gasteiger charge is -2.30. The first kappa shape index (κ1) is 20.7. The number of fused-ring (bicyclic) bond motifs is 1. The molecule has 2 aromatic rings. The van der Waals surface area contributed by atoms with Crippen molar-refractivity contribution in [3.05, 3.63) is 53.6 Å². The molecule has 0 radical (unpaired) electrons. The summed E-state index contributed by atoms with van der Waals surface area (Å²) >= 11 is 0. The predicted molar refractivity (Wildman–Crippen MR) is 112 cm³/mol. The molecule has 1 fully saturated rings. The van der Waals surface area contributed by atoms with Crippen LogP contribution in [0.2, 0.25) is 0 Å². The van der Waals surface area contributed by atoms with Gasteiger partial charge in [0, 0.05) is 6.54 Å². The maximum Gasteiger partial charge on any atom is 0.240 e. The van der Waals surface area contributed by atoms with Crippen molar-refractivity contribution >= 4 is 15.9 Å². The van der Waals surface area contributed by atoms with E-state index >= 15 is 0 Å². The number of benzene rings is 2. The lowest BCUT2D eigenvalue weighted by molar-refractivity contribution is -0.126. The molecule has 7 nitrogen and oxygen atoms in total. The lowest BCUT2D eigenvalue weighted by atomic mass is 9.77. The maximum atomic E-state index is 13.3. The summed E-state index contributed by atoms with van der Waals surface area (Å²) in [6, 6.07) is 12.4. The van der Waals surface area contributed by atoms with E-state index in [0.717, 1.165) is 36.8 Å². The second-order valence-corrected chi connectivity index (χ2v) is 9.57. The molecule has 8 heteroatoms. The van der Waals surface area contributed by atoms with E-state index in [1.54, 1.807) is 18.2 Å². The predicted octanol–water partition coefficient (Wildman–Crippen LogP) is 2.49. The highest BCUT2D eigenvalue weighted by molar-refractivity contribution is 7.89. The first-order chi connectivity index (χ1) is 14.4. The van der Waals surface area contributed by atoms with Crippen LogP contribution in [-0.4, -0.2) is 34.6 Å². The second kappa shape index (κ2) is 8.28. The van der Waals surface area contributed by atoms with Gasteiger partial charge in [0.2, 0.25) is 15.9 Å². The largest absolute Gasteiger partial charge is 0.486 e. The van der Waals surface area contributed by atoms with Gasteiger partial charge in [0.05, 0.1) is 10.3 Å². The van der Waals surface area contributed by atoms with Crippen molar-refractivity contribution in [1.82, 2.24) is 10.0 Å². The Bertz CT molecular complexity index is 1050. The topological polar surface area (TPSA) is 93.7 Å².